The van der Waals surface area contributed by atoms with E-state index in [4.69, 9.17) is 85.6 Å². The van der Waals surface area contributed by atoms with Crippen molar-refractivity contribution in [2.75, 3.05) is 56.9 Å². The molecule has 0 aliphatic carbocycles. The Bertz CT molecular complexity index is 4240. The van der Waals surface area contributed by atoms with Crippen LogP contribution in [0.25, 0.3) is 133 Å². The minimum atomic E-state index is -2.92. The van der Waals surface area contributed by atoms with Crippen LogP contribution in [0.1, 0.15) is 0 Å². The fourth-order valence-corrected chi connectivity index (χ4v) is 15.7. The zero-order valence-corrected chi connectivity index (χ0v) is 46.2. The molecule has 2 aliphatic heterocycles. The molecule has 11 aromatic rings. The van der Waals surface area contributed by atoms with Crippen LogP contribution < -0.4 is 37.9 Å². The van der Waals surface area contributed by atoms with Crippen molar-refractivity contribution in [1.82, 2.24) is 38.9 Å². The molecule has 0 unspecified atom stereocenters. The molecule has 0 amide bonds. The van der Waals surface area contributed by atoms with Gasteiger partial charge < -0.3 is 0 Å². The third-order valence-corrected chi connectivity index (χ3v) is 18.7. The second-order valence-corrected chi connectivity index (χ2v) is 29.2. The Morgan fingerprint density at radius 3 is 0.868 bits per heavy atom. The van der Waals surface area contributed by atoms with Gasteiger partial charge in [0.25, 0.3) is 0 Å². The first-order chi connectivity index (χ1) is 37.2. The van der Waals surface area contributed by atoms with Gasteiger partial charge in [0.15, 0.2) is 0 Å². The van der Waals surface area contributed by atoms with E-state index in [1.54, 1.807) is 56.9 Å². The molecule has 2 aliphatic rings. The predicted molar refractivity (Wildman–Crippen MR) is 311 cm³/mol. The summed E-state index contributed by atoms with van der Waals surface area (Å²) in [4.78, 5) is 36.5. The van der Waals surface area contributed by atoms with E-state index in [-0.39, 0.29) is 23.3 Å². The Morgan fingerprint density at radius 1 is 0.355 bits per heavy atom. The summed E-state index contributed by atoms with van der Waals surface area (Å²) in [6.45, 7) is 0. The molecule has 0 saturated heterocycles. The van der Waals surface area contributed by atoms with Gasteiger partial charge in [-0.25, -0.2) is 0 Å². The number of aromatic nitrogens is 8. The molecule has 0 spiro atoms. The fourth-order valence-electron chi connectivity index (χ4n) is 11.1. The van der Waals surface area contributed by atoms with Gasteiger partial charge in [0.2, 0.25) is 0 Å². The number of methoxy groups -OCH3 is 8. The zero-order chi connectivity index (χ0) is 52.3. The summed E-state index contributed by atoms with van der Waals surface area (Å²) in [5.74, 6) is 4.88. The van der Waals surface area contributed by atoms with Gasteiger partial charge in [-0.2, -0.15) is 0 Å². The first-order valence-corrected chi connectivity index (χ1v) is 32.2. The minimum absolute atomic E-state index is 0.223. The Kier molecular flexibility index (Phi) is 11.7. The number of rotatable bonds is 10. The predicted octanol–water partition coefficient (Wildman–Crippen LogP) is 14.2. The molecule has 1 N–H and O–H groups in total. The van der Waals surface area contributed by atoms with Crippen LogP contribution in [0.15, 0.2) is 97.1 Å². The van der Waals surface area contributed by atoms with Crippen molar-refractivity contribution >= 4 is 130 Å². The van der Waals surface area contributed by atoms with Crippen molar-refractivity contribution in [1.29, 1.82) is 0 Å². The number of benzene rings is 8. The molecule has 8 aromatic carbocycles. The number of H-pyrrole nitrogens is 1. The maximum absolute atomic E-state index is 7.04. The van der Waals surface area contributed by atoms with Gasteiger partial charge in [-0.05, 0) is 0 Å². The van der Waals surface area contributed by atoms with Crippen molar-refractivity contribution in [3.8, 4) is 91.5 Å². The molecular weight excluding hydrogens is 1140 g/mol. The monoisotopic (exact) mass is 1180 g/mol. The van der Waals surface area contributed by atoms with Crippen molar-refractivity contribution in [3.63, 3.8) is 0 Å². The molecule has 8 bridgehead atoms. The molecule has 0 saturated carbocycles. The third-order valence-electron chi connectivity index (χ3n) is 14.0. The molecule has 13 rings (SSSR count). The topological polar surface area (TPSA) is 172 Å². The van der Waals surface area contributed by atoms with Crippen molar-refractivity contribution < 1.29 is 37.9 Å². The van der Waals surface area contributed by atoms with Gasteiger partial charge in [-0.3, -0.25) is 0 Å². The molecule has 0 atom stereocenters. The van der Waals surface area contributed by atoms with Crippen molar-refractivity contribution in [2.45, 2.75) is 0 Å². The molecule has 0 radical (unpaired) electrons. The third kappa shape index (κ3) is 6.75. The Hall–Kier alpha value is -7.78. The number of hydrogen-bond donors (Lipinski definition) is 1. The van der Waals surface area contributed by atoms with Gasteiger partial charge in [0, 0.05) is 0 Å². The Morgan fingerprint density at radius 2 is 0.605 bits per heavy atom. The fraction of sp³-hybridized carbons (Fsp3) is 0.143. The van der Waals surface area contributed by atoms with Crippen molar-refractivity contribution in [3.05, 3.63) is 97.1 Å². The molecular formula is C56H41Cl2IN8O8S. The summed E-state index contributed by atoms with van der Waals surface area (Å²) < 4.78 is 53.0. The number of nitrogens with one attached hydrogen (secondary N) is 1. The van der Waals surface area contributed by atoms with Crippen LogP contribution in [0.4, 0.5) is 0 Å². The molecule has 380 valence electrons. The van der Waals surface area contributed by atoms with E-state index < -0.39 is 16.2 Å². The van der Waals surface area contributed by atoms with Crippen LogP contribution in [-0.4, -0.2) is 95.7 Å². The maximum atomic E-state index is 7.04. The summed E-state index contributed by atoms with van der Waals surface area (Å²) in [6, 6.07) is 31.3. The standard InChI is InChI=1S/C56H41Cl2IN8O8S/c1-68-41-25-17-9-10-18-26(25)42(69-2)34-33(41)49-60-50(34)62-52-36-38(46(73-6)30-22-14-12-20-28(30)44(36)71-4)54(64-52)66-56-40-39(47(74-7)31-23-15-16-24-32(31)48(40)75-8)55(67(56)76-59(57)58)65-53-37-35(51(61-49)63-53)43(70-3)27-19-11-13-21-29(27)45(37)72-5/h9-24H,1-8H3,(H,60,61,62,63,64,65,66). The number of hydrogen-bond acceptors (Lipinski definition) is 15. The van der Waals surface area contributed by atoms with E-state index in [1.807, 2.05) is 101 Å². The van der Waals surface area contributed by atoms with Crippen LogP contribution in [0.3, 0.4) is 0 Å². The van der Waals surface area contributed by atoms with Gasteiger partial charge in [0.05, 0.1) is 14.2 Å². The number of halogens is 3. The summed E-state index contributed by atoms with van der Waals surface area (Å²) >= 11 is -2.92. The second kappa shape index (κ2) is 18.5. The van der Waals surface area contributed by atoms with Crippen molar-refractivity contribution in [2.24, 2.45) is 0 Å². The first kappa shape index (κ1) is 47.9. The number of aromatic amines is 1. The Labute approximate surface area is 449 Å². The molecule has 16 nitrogen and oxygen atoms in total. The van der Waals surface area contributed by atoms with E-state index in [0.29, 0.717) is 112 Å². The van der Waals surface area contributed by atoms with Crippen LogP contribution in [0.2, 0.25) is 0 Å². The average Bonchev–Trinajstić information content (AvgIpc) is 4.21. The van der Waals surface area contributed by atoms with E-state index in [2.05, 4.69) is 4.98 Å². The van der Waals surface area contributed by atoms with E-state index in [0.717, 1.165) is 43.1 Å². The molecule has 0 fully saturated rings. The van der Waals surface area contributed by atoms with Gasteiger partial charge in [-0.1, -0.05) is 24.3 Å². The van der Waals surface area contributed by atoms with Crippen LogP contribution in [0, 0.1) is 0 Å². The number of fused-ring (bicyclic) bond motifs is 24. The molecule has 20 heteroatoms. The Balaban J connectivity index is 1.38. The molecule has 76 heavy (non-hydrogen) atoms. The summed E-state index contributed by atoms with van der Waals surface area (Å²) in [5, 5.41) is 8.26. The van der Waals surface area contributed by atoms with E-state index >= 15 is 0 Å². The summed E-state index contributed by atoms with van der Waals surface area (Å²) in [6.07, 6.45) is 0. The average molecular weight is 1180 g/mol. The van der Waals surface area contributed by atoms with Crippen LogP contribution in [-0.2, 0) is 0 Å². The SMILES string of the molecule is COc1c2c(c(OC)c3ccccc13)-c1nc-2nc2[nH]c(nc3nc(nc4c5c(OC)c6ccccc6c(OC)c5c(n1)n4SI(Cl)Cl)-c1c-3c(OC)c3ccccc3c1OC)c1c(OC)c3ccccc3c(OC)c21. The normalized spacial score (nSPS) is 12.1. The second-order valence-electron chi connectivity index (χ2n) is 17.4. The first-order valence-electron chi connectivity index (χ1n) is 23.5. The molecule has 5 heterocycles. The van der Waals surface area contributed by atoms with E-state index in [9.17, 15) is 0 Å². The molecule has 3 aromatic heterocycles. The number of ether oxygens (including phenoxy) is 8. The summed E-state index contributed by atoms with van der Waals surface area (Å²) in [5.41, 5.74) is 3.39. The van der Waals surface area contributed by atoms with E-state index in [1.165, 1.54) is 9.12 Å². The van der Waals surface area contributed by atoms with Gasteiger partial charge in [-0.15, -0.1) is 0 Å². The van der Waals surface area contributed by atoms with Gasteiger partial charge in [0.1, 0.15) is 0 Å². The van der Waals surface area contributed by atoms with Crippen LogP contribution >= 0.6 is 43.1 Å². The quantitative estimate of drug-likeness (QED) is 0.128. The number of nitrogens with zero attached hydrogens (tertiary/aromatic N) is 7. The van der Waals surface area contributed by atoms with Gasteiger partial charge >= 0.3 is 414 Å². The summed E-state index contributed by atoms with van der Waals surface area (Å²) in [7, 11) is 28.2. The zero-order valence-electron chi connectivity index (χ0n) is 41.7. The van der Waals surface area contributed by atoms with Crippen LogP contribution in [0.5, 0.6) is 46.0 Å².